The van der Waals surface area contributed by atoms with E-state index < -0.39 is 12.0 Å². The van der Waals surface area contributed by atoms with Crippen LogP contribution >= 0.6 is 0 Å². The fourth-order valence-corrected chi connectivity index (χ4v) is 0.434. The Bertz CT molecular complexity index is 93.6. The van der Waals surface area contributed by atoms with E-state index in [2.05, 4.69) is 13.2 Å². The van der Waals surface area contributed by atoms with Crippen molar-refractivity contribution in [3.63, 3.8) is 0 Å². The lowest BCUT2D eigenvalue weighted by molar-refractivity contribution is -0.138. The smallest absolute Gasteiger partial charge is 0.320 e. The summed E-state index contributed by atoms with van der Waals surface area (Å²) >= 11 is 0. The van der Waals surface area contributed by atoms with Crippen LogP contribution < -0.4 is 5.73 Å². The van der Waals surface area contributed by atoms with Crippen LogP contribution in [0.3, 0.4) is 0 Å². The second-order valence-corrected chi connectivity index (χ2v) is 1.73. The normalized spacial score (nSPS) is 11.0. The maximum absolute atomic E-state index is 9.96. The van der Waals surface area contributed by atoms with Gasteiger partial charge in [0.1, 0.15) is 6.04 Å². The zero-order valence-corrected chi connectivity index (χ0v) is 6.34. The van der Waals surface area contributed by atoms with Gasteiger partial charge in [-0.25, -0.2) is 0 Å². The molecule has 0 spiro atoms. The van der Waals surface area contributed by atoms with Crippen molar-refractivity contribution in [3.05, 3.63) is 13.2 Å². The van der Waals surface area contributed by atoms with Gasteiger partial charge in [-0.05, 0) is 6.42 Å². The number of carbonyl (C=O) groups is 1. The molecule has 0 aromatic rings. The Morgan fingerprint density at radius 2 is 2.10 bits per heavy atom. The molecule has 1 atom stereocenters. The average molecular weight is 145 g/mol. The summed E-state index contributed by atoms with van der Waals surface area (Å²) in [6.45, 7) is 7.91. The van der Waals surface area contributed by atoms with E-state index in [9.17, 15) is 4.79 Å². The zero-order valence-electron chi connectivity index (χ0n) is 6.34. The number of carboxylic acids is 1. The largest absolute Gasteiger partial charge is 0.480 e. The highest BCUT2D eigenvalue weighted by Gasteiger charge is 2.07. The van der Waals surface area contributed by atoms with Crippen LogP contribution in [0.5, 0.6) is 0 Å². The van der Waals surface area contributed by atoms with E-state index >= 15 is 0 Å². The number of rotatable bonds is 3. The summed E-state index contributed by atoms with van der Waals surface area (Å²) in [4.78, 5) is 9.96. The van der Waals surface area contributed by atoms with E-state index in [4.69, 9.17) is 10.8 Å². The van der Waals surface area contributed by atoms with Gasteiger partial charge in [0, 0.05) is 0 Å². The predicted molar refractivity (Wildman–Crippen MR) is 41.8 cm³/mol. The zero-order chi connectivity index (χ0) is 8.57. The Kier molecular flexibility index (Phi) is 9.73. The molecule has 3 N–H and O–H groups in total. The number of carboxylic acid groups (broad SMARTS) is 1. The van der Waals surface area contributed by atoms with Crippen LogP contribution in [-0.2, 0) is 4.79 Å². The Balaban J connectivity index is 0. The first-order valence-corrected chi connectivity index (χ1v) is 3.17. The first-order chi connectivity index (χ1) is 4.68. The van der Waals surface area contributed by atoms with E-state index in [1.54, 1.807) is 0 Å². The topological polar surface area (TPSA) is 63.3 Å². The van der Waals surface area contributed by atoms with Crippen LogP contribution in [0, 0.1) is 0 Å². The standard InChI is InChI=1S/C5H11NO2.C2H4/c1-2-3-4(6)5(7)8;1-2/h4H,2-3,6H2,1H3,(H,7,8);1-2H2/t4-;/m0./s1. The lowest BCUT2D eigenvalue weighted by Gasteiger charge is -2.00. The fourth-order valence-electron chi connectivity index (χ4n) is 0.434. The van der Waals surface area contributed by atoms with E-state index in [0.29, 0.717) is 6.42 Å². The second-order valence-electron chi connectivity index (χ2n) is 1.73. The minimum absolute atomic E-state index is 0.565. The van der Waals surface area contributed by atoms with E-state index in [0.717, 1.165) is 6.42 Å². The molecule has 0 saturated heterocycles. The Morgan fingerprint density at radius 3 is 2.20 bits per heavy atom. The Hall–Kier alpha value is -0.830. The average Bonchev–Trinajstić information content (AvgIpc) is 1.93. The molecule has 0 aromatic heterocycles. The van der Waals surface area contributed by atoms with Crippen molar-refractivity contribution in [2.75, 3.05) is 0 Å². The van der Waals surface area contributed by atoms with Crippen LogP contribution in [0.15, 0.2) is 13.2 Å². The van der Waals surface area contributed by atoms with Gasteiger partial charge in [0.15, 0.2) is 0 Å². The molecule has 0 aliphatic heterocycles. The minimum atomic E-state index is -0.910. The van der Waals surface area contributed by atoms with Crippen LogP contribution in [0.4, 0.5) is 0 Å². The number of hydrogen-bond acceptors (Lipinski definition) is 2. The van der Waals surface area contributed by atoms with Crippen molar-refractivity contribution in [1.82, 2.24) is 0 Å². The molecule has 0 bridgehead atoms. The molecular weight excluding hydrogens is 130 g/mol. The fraction of sp³-hybridized carbons (Fsp3) is 0.571. The summed E-state index contributed by atoms with van der Waals surface area (Å²) < 4.78 is 0. The summed E-state index contributed by atoms with van der Waals surface area (Å²) in [5.74, 6) is -0.910. The van der Waals surface area contributed by atoms with Gasteiger partial charge in [-0.1, -0.05) is 13.3 Å². The monoisotopic (exact) mass is 145 g/mol. The summed E-state index contributed by atoms with van der Waals surface area (Å²) in [5, 5.41) is 8.19. The summed E-state index contributed by atoms with van der Waals surface area (Å²) in [5.41, 5.74) is 5.13. The van der Waals surface area contributed by atoms with Gasteiger partial charge in [-0.3, -0.25) is 4.79 Å². The maximum atomic E-state index is 9.96. The Morgan fingerprint density at radius 1 is 1.70 bits per heavy atom. The van der Waals surface area contributed by atoms with Gasteiger partial charge >= 0.3 is 5.97 Å². The van der Waals surface area contributed by atoms with Crippen LogP contribution in [0.25, 0.3) is 0 Å². The van der Waals surface area contributed by atoms with Crippen molar-refractivity contribution in [2.45, 2.75) is 25.8 Å². The first kappa shape index (κ1) is 11.9. The van der Waals surface area contributed by atoms with Crippen LogP contribution in [0.2, 0.25) is 0 Å². The second kappa shape index (κ2) is 8.17. The third-order valence-electron chi connectivity index (χ3n) is 0.917. The third kappa shape index (κ3) is 7.17. The molecular formula is C7H15NO2. The maximum Gasteiger partial charge on any atom is 0.320 e. The van der Waals surface area contributed by atoms with Crippen molar-refractivity contribution < 1.29 is 9.90 Å². The third-order valence-corrected chi connectivity index (χ3v) is 0.917. The molecule has 3 heteroatoms. The van der Waals surface area contributed by atoms with Gasteiger partial charge in [0.25, 0.3) is 0 Å². The molecule has 0 amide bonds. The van der Waals surface area contributed by atoms with Crippen molar-refractivity contribution in [1.29, 1.82) is 0 Å². The summed E-state index contributed by atoms with van der Waals surface area (Å²) in [7, 11) is 0. The molecule has 0 rings (SSSR count). The highest BCUT2D eigenvalue weighted by molar-refractivity contribution is 5.72. The van der Waals surface area contributed by atoms with Gasteiger partial charge < -0.3 is 10.8 Å². The van der Waals surface area contributed by atoms with Crippen LogP contribution in [0.1, 0.15) is 19.8 Å². The molecule has 0 unspecified atom stereocenters. The first-order valence-electron chi connectivity index (χ1n) is 3.17. The molecule has 0 aliphatic carbocycles. The SMILES string of the molecule is C=C.CCC[C@H](N)C(=O)O. The molecule has 60 valence electrons. The molecule has 0 aromatic carbocycles. The summed E-state index contributed by atoms with van der Waals surface area (Å²) in [6.07, 6.45) is 1.39. The molecule has 0 saturated carbocycles. The van der Waals surface area contributed by atoms with Crippen molar-refractivity contribution >= 4 is 5.97 Å². The van der Waals surface area contributed by atoms with Crippen LogP contribution in [-0.4, -0.2) is 17.1 Å². The molecule has 0 heterocycles. The van der Waals surface area contributed by atoms with Gasteiger partial charge in [0.05, 0.1) is 0 Å². The number of hydrogen-bond donors (Lipinski definition) is 2. The molecule has 0 aliphatic rings. The lowest BCUT2D eigenvalue weighted by Crippen LogP contribution is -2.29. The highest BCUT2D eigenvalue weighted by atomic mass is 16.4. The molecule has 0 radical (unpaired) electrons. The van der Waals surface area contributed by atoms with E-state index in [1.807, 2.05) is 6.92 Å². The molecule has 10 heavy (non-hydrogen) atoms. The van der Waals surface area contributed by atoms with Gasteiger partial charge in [-0.2, -0.15) is 0 Å². The van der Waals surface area contributed by atoms with E-state index in [-0.39, 0.29) is 0 Å². The summed E-state index contributed by atoms with van der Waals surface area (Å²) in [6, 6.07) is -0.667. The van der Waals surface area contributed by atoms with E-state index in [1.165, 1.54) is 0 Å². The highest BCUT2D eigenvalue weighted by Crippen LogP contribution is 1.91. The number of nitrogens with two attached hydrogens (primary N) is 1. The molecule has 3 nitrogen and oxygen atoms in total. The minimum Gasteiger partial charge on any atom is -0.480 e. The molecule has 0 fully saturated rings. The van der Waals surface area contributed by atoms with Gasteiger partial charge in [-0.15, -0.1) is 13.2 Å². The lowest BCUT2D eigenvalue weighted by atomic mass is 10.2. The Labute approximate surface area is 61.5 Å². The predicted octanol–water partition coefficient (Wildman–Crippen LogP) is 1.00. The van der Waals surface area contributed by atoms with Crippen molar-refractivity contribution in [3.8, 4) is 0 Å². The number of aliphatic carboxylic acids is 1. The van der Waals surface area contributed by atoms with Crippen molar-refractivity contribution in [2.24, 2.45) is 5.73 Å². The quantitative estimate of drug-likeness (QED) is 0.582. The van der Waals surface area contributed by atoms with Gasteiger partial charge in [0.2, 0.25) is 0 Å².